The molecule has 0 atom stereocenters. The molecule has 37 heavy (non-hydrogen) atoms. The lowest BCUT2D eigenvalue weighted by Gasteiger charge is -2.09. The van der Waals surface area contributed by atoms with E-state index in [1.807, 2.05) is 30.3 Å². The zero-order chi connectivity index (χ0) is 26.4. The first-order valence-corrected chi connectivity index (χ1v) is 13.3. The van der Waals surface area contributed by atoms with E-state index >= 15 is 0 Å². The first-order chi connectivity index (χ1) is 17.8. The molecule has 4 rings (SSSR count). The van der Waals surface area contributed by atoms with Crippen molar-refractivity contribution in [3.05, 3.63) is 92.2 Å². The molecule has 0 aliphatic heterocycles. The fraction of sp³-hybridized carbons (Fsp3) is 0.148. The number of carbonyl (C=O) groups is 2. The Labute approximate surface area is 233 Å². The van der Waals surface area contributed by atoms with Gasteiger partial charge in [0.25, 0.3) is 5.91 Å². The van der Waals surface area contributed by atoms with Crippen LogP contribution in [0.3, 0.4) is 0 Å². The van der Waals surface area contributed by atoms with Gasteiger partial charge in [-0.2, -0.15) is 5.10 Å². The molecule has 0 fully saturated rings. The molecule has 0 saturated heterocycles. The largest absolute Gasteiger partial charge is 0.492 e. The number of hydrogen-bond acceptors (Lipinski definition) is 5. The van der Waals surface area contributed by atoms with Crippen LogP contribution >= 0.6 is 46.1 Å². The number of thiophene rings is 1. The van der Waals surface area contributed by atoms with Crippen LogP contribution in [0.1, 0.15) is 35.0 Å². The van der Waals surface area contributed by atoms with Crippen molar-refractivity contribution in [1.29, 1.82) is 0 Å². The number of halogens is 3. The third-order valence-electron chi connectivity index (χ3n) is 5.33. The minimum atomic E-state index is -0.378. The maximum absolute atomic E-state index is 12.7. The molecule has 190 valence electrons. The fourth-order valence-electron chi connectivity index (χ4n) is 3.46. The van der Waals surface area contributed by atoms with Gasteiger partial charge in [0, 0.05) is 27.2 Å². The Bertz CT molecular complexity index is 1490. The highest BCUT2D eigenvalue weighted by molar-refractivity contribution is 7.21. The van der Waals surface area contributed by atoms with Crippen LogP contribution in [-0.4, -0.2) is 24.1 Å². The second kappa shape index (κ2) is 12.4. The number of hydrazone groups is 1. The number of hydrogen-bond donors (Lipinski definition) is 2. The van der Waals surface area contributed by atoms with Crippen LogP contribution < -0.4 is 15.5 Å². The fourth-order valence-corrected chi connectivity index (χ4v) is 5.33. The monoisotopic (exact) mass is 573 g/mol. The van der Waals surface area contributed by atoms with Crippen LogP contribution in [0.4, 0.5) is 5.69 Å². The van der Waals surface area contributed by atoms with E-state index in [0.717, 1.165) is 15.6 Å². The van der Waals surface area contributed by atoms with Gasteiger partial charge >= 0.3 is 0 Å². The molecule has 0 aliphatic carbocycles. The average Bonchev–Trinajstić information content (AvgIpc) is 3.22. The SMILES string of the molecule is C/C(=N/NC(=O)c1sc2ccccc2c1Cl)c1cccc(NC(=O)CCCOc2ccc(Cl)cc2Cl)c1. The summed E-state index contributed by atoms with van der Waals surface area (Å²) in [4.78, 5) is 25.5. The van der Waals surface area contributed by atoms with E-state index in [-0.39, 0.29) is 18.2 Å². The number of rotatable bonds is 9. The number of nitrogens with zero attached hydrogens (tertiary/aromatic N) is 1. The van der Waals surface area contributed by atoms with Gasteiger partial charge < -0.3 is 10.1 Å². The number of benzene rings is 3. The quantitative estimate of drug-likeness (QED) is 0.122. The van der Waals surface area contributed by atoms with Gasteiger partial charge in [-0.05, 0) is 55.3 Å². The lowest BCUT2D eigenvalue weighted by atomic mass is 10.1. The standard InChI is InChI=1S/C27H22Cl3N3O3S/c1-16(32-33-27(35)26-25(30)20-8-2-3-9-23(20)37-26)17-6-4-7-19(14-17)31-24(34)10-5-13-36-22-12-11-18(28)15-21(22)29/h2-4,6-9,11-12,14-15H,5,10,13H2,1H3,(H,31,34)(H,33,35)/b32-16-. The molecule has 0 spiro atoms. The van der Waals surface area contributed by atoms with Crippen LogP contribution in [-0.2, 0) is 4.79 Å². The van der Waals surface area contributed by atoms with Gasteiger partial charge in [0.05, 0.1) is 22.4 Å². The molecule has 1 aromatic heterocycles. The first kappa shape index (κ1) is 26.9. The highest BCUT2D eigenvalue weighted by atomic mass is 35.5. The van der Waals surface area contributed by atoms with Crippen molar-refractivity contribution >= 4 is 79.4 Å². The van der Waals surface area contributed by atoms with Gasteiger partial charge in [-0.25, -0.2) is 5.43 Å². The van der Waals surface area contributed by atoms with E-state index in [2.05, 4.69) is 15.8 Å². The molecule has 3 aromatic carbocycles. The third-order valence-corrected chi connectivity index (χ3v) is 7.53. The first-order valence-electron chi connectivity index (χ1n) is 11.3. The Morgan fingerprint density at radius 1 is 1.00 bits per heavy atom. The molecule has 0 bridgehead atoms. The molecule has 0 aliphatic rings. The summed E-state index contributed by atoms with van der Waals surface area (Å²) >= 11 is 19.7. The summed E-state index contributed by atoms with van der Waals surface area (Å²) in [6, 6.07) is 19.8. The maximum Gasteiger partial charge on any atom is 0.283 e. The molecule has 6 nitrogen and oxygen atoms in total. The van der Waals surface area contributed by atoms with E-state index < -0.39 is 0 Å². The molecule has 0 radical (unpaired) electrons. The summed E-state index contributed by atoms with van der Waals surface area (Å²) in [6.45, 7) is 2.11. The Kier molecular flexibility index (Phi) is 9.05. The van der Waals surface area contributed by atoms with Crippen molar-refractivity contribution in [2.45, 2.75) is 19.8 Å². The van der Waals surface area contributed by atoms with Crippen LogP contribution in [0.2, 0.25) is 15.1 Å². The van der Waals surface area contributed by atoms with E-state index in [9.17, 15) is 9.59 Å². The van der Waals surface area contributed by atoms with Crippen molar-refractivity contribution in [2.24, 2.45) is 5.10 Å². The molecule has 4 aromatic rings. The number of ether oxygens (including phenoxy) is 1. The summed E-state index contributed by atoms with van der Waals surface area (Å²) < 4.78 is 6.55. The van der Waals surface area contributed by atoms with Crippen LogP contribution in [0.5, 0.6) is 5.75 Å². The Hall–Kier alpha value is -3.10. The number of carbonyl (C=O) groups excluding carboxylic acids is 2. The van der Waals surface area contributed by atoms with Gasteiger partial charge in [0.1, 0.15) is 10.6 Å². The molecular formula is C27H22Cl3N3O3S. The van der Waals surface area contributed by atoms with Crippen molar-refractivity contribution in [3.8, 4) is 5.75 Å². The molecular weight excluding hydrogens is 553 g/mol. The zero-order valence-electron chi connectivity index (χ0n) is 19.7. The van der Waals surface area contributed by atoms with E-state index in [4.69, 9.17) is 39.5 Å². The predicted molar refractivity (Wildman–Crippen MR) is 153 cm³/mol. The number of nitrogens with one attached hydrogen (secondary N) is 2. The Morgan fingerprint density at radius 2 is 1.81 bits per heavy atom. The summed E-state index contributed by atoms with van der Waals surface area (Å²) in [5.41, 5.74) is 4.52. The van der Waals surface area contributed by atoms with E-state index in [0.29, 0.717) is 50.1 Å². The third kappa shape index (κ3) is 7.02. The van der Waals surface area contributed by atoms with E-state index in [1.165, 1.54) is 11.3 Å². The highest BCUT2D eigenvalue weighted by Gasteiger charge is 2.16. The molecule has 2 amide bonds. The number of fused-ring (bicyclic) bond motifs is 1. The van der Waals surface area contributed by atoms with Crippen molar-refractivity contribution in [2.75, 3.05) is 11.9 Å². The summed E-state index contributed by atoms with van der Waals surface area (Å²) in [5, 5.41) is 9.30. The minimum Gasteiger partial charge on any atom is -0.492 e. The van der Waals surface area contributed by atoms with Crippen LogP contribution in [0.15, 0.2) is 71.8 Å². The molecule has 0 unspecified atom stereocenters. The molecule has 2 N–H and O–H groups in total. The normalized spacial score (nSPS) is 11.4. The molecule has 10 heteroatoms. The Balaban J connectivity index is 1.30. The summed E-state index contributed by atoms with van der Waals surface area (Å²) in [5.74, 6) is -0.00183. The second-order valence-corrected chi connectivity index (χ2v) is 10.3. The lowest BCUT2D eigenvalue weighted by molar-refractivity contribution is -0.116. The van der Waals surface area contributed by atoms with Crippen molar-refractivity contribution in [1.82, 2.24) is 5.43 Å². The van der Waals surface area contributed by atoms with E-state index in [1.54, 1.807) is 43.3 Å². The topological polar surface area (TPSA) is 79.8 Å². The summed E-state index contributed by atoms with van der Waals surface area (Å²) in [7, 11) is 0. The van der Waals surface area contributed by atoms with Gasteiger partial charge in [0.15, 0.2) is 0 Å². The molecule has 1 heterocycles. The smallest absolute Gasteiger partial charge is 0.283 e. The summed E-state index contributed by atoms with van der Waals surface area (Å²) in [6.07, 6.45) is 0.784. The number of anilines is 1. The van der Waals surface area contributed by atoms with Crippen molar-refractivity contribution < 1.29 is 14.3 Å². The average molecular weight is 575 g/mol. The van der Waals surface area contributed by atoms with Crippen LogP contribution in [0, 0.1) is 0 Å². The molecule has 0 saturated carbocycles. The van der Waals surface area contributed by atoms with Gasteiger partial charge in [0.2, 0.25) is 5.91 Å². The zero-order valence-corrected chi connectivity index (χ0v) is 22.8. The number of amides is 2. The highest BCUT2D eigenvalue weighted by Crippen LogP contribution is 2.35. The van der Waals surface area contributed by atoms with Crippen LogP contribution in [0.25, 0.3) is 10.1 Å². The predicted octanol–water partition coefficient (Wildman–Crippen LogP) is 7.81. The van der Waals surface area contributed by atoms with Crippen molar-refractivity contribution in [3.63, 3.8) is 0 Å². The maximum atomic E-state index is 12.7. The van der Waals surface area contributed by atoms with Gasteiger partial charge in [-0.1, -0.05) is 65.1 Å². The Morgan fingerprint density at radius 3 is 2.59 bits per heavy atom. The minimum absolute atomic E-state index is 0.148. The van der Waals surface area contributed by atoms with Gasteiger partial charge in [-0.3, -0.25) is 9.59 Å². The lowest BCUT2D eigenvalue weighted by Crippen LogP contribution is -2.18. The second-order valence-electron chi connectivity index (χ2n) is 8.04. The van der Waals surface area contributed by atoms with Gasteiger partial charge in [-0.15, -0.1) is 11.3 Å².